The number of imide groups is 1. The van der Waals surface area contributed by atoms with Gasteiger partial charge in [0, 0.05) is 7.05 Å². The summed E-state index contributed by atoms with van der Waals surface area (Å²) in [4.78, 5) is 40.9. The van der Waals surface area contributed by atoms with Crippen LogP contribution < -0.4 is 0 Å². The molecule has 1 atom stereocenters. The molecule has 7 nitrogen and oxygen atoms in total. The average Bonchev–Trinajstić information content (AvgIpc) is 2.77. The summed E-state index contributed by atoms with van der Waals surface area (Å²) in [5.74, 6) is 0.0361. The molecule has 22 heavy (non-hydrogen) atoms. The number of amides is 5. The van der Waals surface area contributed by atoms with Crippen LogP contribution in [0.1, 0.15) is 5.56 Å². The third-order valence-corrected chi connectivity index (χ3v) is 4.11. The van der Waals surface area contributed by atoms with E-state index in [1.807, 2.05) is 30.3 Å². The molecule has 114 valence electrons. The van der Waals surface area contributed by atoms with Crippen LogP contribution in [-0.2, 0) is 11.3 Å². The van der Waals surface area contributed by atoms with Gasteiger partial charge in [-0.2, -0.15) is 4.90 Å². The van der Waals surface area contributed by atoms with Crippen molar-refractivity contribution in [2.75, 3.05) is 21.1 Å². The first-order valence-corrected chi connectivity index (χ1v) is 6.94. The van der Waals surface area contributed by atoms with Gasteiger partial charge >= 0.3 is 18.0 Å². The lowest BCUT2D eigenvalue weighted by Crippen LogP contribution is -2.58. The highest BCUT2D eigenvalue weighted by Crippen LogP contribution is 2.24. The van der Waals surface area contributed by atoms with E-state index >= 15 is 0 Å². The van der Waals surface area contributed by atoms with Gasteiger partial charge in [0.05, 0.1) is 20.6 Å². The number of benzene rings is 1. The van der Waals surface area contributed by atoms with E-state index in [2.05, 4.69) is 0 Å². The van der Waals surface area contributed by atoms with Crippen molar-refractivity contribution in [3.05, 3.63) is 35.9 Å². The fourth-order valence-electron chi connectivity index (χ4n) is 2.88. The summed E-state index contributed by atoms with van der Waals surface area (Å²) in [7, 11) is 4.58. The standard InChI is InChI=1S/C15H17N4O3/c1-16-11-12(17(2)14(21)18(3)13(11)20)19(15(16)22)9-10-7-5-4-6-8-10/h4-8,11H,9H2,1-3H3/q+1. The number of hydrogen-bond donors (Lipinski definition) is 0. The molecule has 0 spiro atoms. The van der Waals surface area contributed by atoms with Crippen molar-refractivity contribution in [3.63, 3.8) is 0 Å². The fourth-order valence-corrected chi connectivity index (χ4v) is 2.88. The van der Waals surface area contributed by atoms with Gasteiger partial charge in [-0.15, -0.1) is 0 Å². The fraction of sp³-hybridized carbons (Fsp3) is 0.333. The molecule has 2 aliphatic rings. The van der Waals surface area contributed by atoms with Gasteiger partial charge in [0.15, 0.2) is 0 Å². The van der Waals surface area contributed by atoms with Crippen molar-refractivity contribution in [2.24, 2.45) is 0 Å². The molecule has 2 heterocycles. The predicted octanol–water partition coefficient (Wildman–Crippen LogP) is 0.555. The van der Waals surface area contributed by atoms with Gasteiger partial charge < -0.3 is 0 Å². The molecule has 7 heteroatoms. The van der Waals surface area contributed by atoms with E-state index in [1.54, 1.807) is 14.1 Å². The highest BCUT2D eigenvalue weighted by molar-refractivity contribution is 6.20. The highest BCUT2D eigenvalue weighted by atomic mass is 16.2. The zero-order chi connectivity index (χ0) is 16.0. The Morgan fingerprint density at radius 2 is 1.73 bits per heavy atom. The number of amidine groups is 1. The van der Waals surface area contributed by atoms with E-state index in [9.17, 15) is 14.4 Å². The summed E-state index contributed by atoms with van der Waals surface area (Å²) in [6.07, 6.45) is 0. The first-order valence-electron chi connectivity index (χ1n) is 6.94. The first-order chi connectivity index (χ1) is 10.4. The Hall–Kier alpha value is -2.70. The normalized spacial score (nSPS) is 21.9. The first kappa shape index (κ1) is 14.2. The zero-order valence-electron chi connectivity index (χ0n) is 12.7. The van der Waals surface area contributed by atoms with Crippen LogP contribution in [0.4, 0.5) is 9.59 Å². The lowest BCUT2D eigenvalue weighted by molar-refractivity contribution is -0.410. The Bertz CT molecular complexity index is 698. The number of carbonyl (C=O) groups excluding carboxylic acids is 3. The van der Waals surface area contributed by atoms with Gasteiger partial charge in [-0.1, -0.05) is 30.3 Å². The van der Waals surface area contributed by atoms with Crippen molar-refractivity contribution in [2.45, 2.75) is 12.6 Å². The second-order valence-corrected chi connectivity index (χ2v) is 5.46. The van der Waals surface area contributed by atoms with Crippen LogP contribution in [0.25, 0.3) is 0 Å². The van der Waals surface area contributed by atoms with Crippen LogP contribution >= 0.6 is 0 Å². The molecule has 0 bridgehead atoms. The third kappa shape index (κ3) is 1.89. The largest absolute Gasteiger partial charge is 0.445 e. The minimum atomic E-state index is -0.746. The van der Waals surface area contributed by atoms with Gasteiger partial charge in [-0.05, 0) is 5.56 Å². The summed E-state index contributed by atoms with van der Waals surface area (Å²) < 4.78 is 1.37. The molecular formula is C15H17N4O3+. The van der Waals surface area contributed by atoms with Crippen molar-refractivity contribution >= 4 is 23.8 Å². The summed E-state index contributed by atoms with van der Waals surface area (Å²) >= 11 is 0. The SMILES string of the molecule is CN1C(=O)C2C(=[N+](C)C1=O)N(Cc1ccccc1)C(=O)N2C. The Morgan fingerprint density at radius 1 is 1.09 bits per heavy atom. The summed E-state index contributed by atoms with van der Waals surface area (Å²) in [5.41, 5.74) is 0.935. The molecular weight excluding hydrogens is 284 g/mol. The Labute approximate surface area is 128 Å². The van der Waals surface area contributed by atoms with E-state index in [-0.39, 0.29) is 11.9 Å². The van der Waals surface area contributed by atoms with Crippen LogP contribution in [-0.4, -0.2) is 70.3 Å². The van der Waals surface area contributed by atoms with Gasteiger partial charge in [-0.3, -0.25) is 9.69 Å². The molecule has 1 saturated heterocycles. The number of rotatable bonds is 2. The molecule has 0 aromatic heterocycles. The van der Waals surface area contributed by atoms with E-state index in [1.165, 1.54) is 21.4 Å². The second-order valence-electron chi connectivity index (χ2n) is 5.46. The van der Waals surface area contributed by atoms with Crippen molar-refractivity contribution < 1.29 is 19.0 Å². The van der Waals surface area contributed by atoms with E-state index in [0.29, 0.717) is 12.4 Å². The average molecular weight is 301 g/mol. The molecule has 5 amide bonds. The molecule has 1 unspecified atom stereocenters. The predicted molar refractivity (Wildman–Crippen MR) is 78.3 cm³/mol. The van der Waals surface area contributed by atoms with Gasteiger partial charge in [-0.25, -0.2) is 19.1 Å². The van der Waals surface area contributed by atoms with Gasteiger partial charge in [0.2, 0.25) is 11.9 Å². The number of fused-ring (bicyclic) bond motifs is 1. The summed E-state index contributed by atoms with van der Waals surface area (Å²) in [6, 6.07) is 8.01. The molecule has 1 fully saturated rings. The Balaban J connectivity index is 2.06. The van der Waals surface area contributed by atoms with Gasteiger partial charge in [0.25, 0.3) is 0 Å². The number of nitrogens with zero attached hydrogens (tertiary/aromatic N) is 4. The van der Waals surface area contributed by atoms with Crippen LogP contribution in [0, 0.1) is 0 Å². The minimum Gasteiger partial charge on any atom is -0.292 e. The third-order valence-electron chi connectivity index (χ3n) is 4.11. The Kier molecular flexibility index (Phi) is 3.20. The molecule has 2 aliphatic heterocycles. The van der Waals surface area contributed by atoms with Crippen LogP contribution in [0.5, 0.6) is 0 Å². The minimum absolute atomic E-state index is 0.285. The van der Waals surface area contributed by atoms with Crippen molar-refractivity contribution in [1.82, 2.24) is 14.7 Å². The molecule has 0 aliphatic carbocycles. The maximum absolute atomic E-state index is 12.5. The number of urea groups is 2. The van der Waals surface area contributed by atoms with Crippen LogP contribution in [0.15, 0.2) is 30.3 Å². The second kappa shape index (κ2) is 4.94. The van der Waals surface area contributed by atoms with Crippen molar-refractivity contribution in [3.8, 4) is 0 Å². The topological polar surface area (TPSA) is 63.9 Å². The lowest BCUT2D eigenvalue weighted by atomic mass is 10.1. The van der Waals surface area contributed by atoms with Crippen LogP contribution in [0.2, 0.25) is 0 Å². The number of likely N-dealkylation sites (N-methyl/N-ethyl adjacent to an activating group) is 2. The number of hydrogen-bond acceptors (Lipinski definition) is 3. The number of carbonyl (C=O) groups is 3. The molecule has 1 aromatic rings. The zero-order valence-corrected chi connectivity index (χ0v) is 12.7. The van der Waals surface area contributed by atoms with E-state index in [4.69, 9.17) is 0 Å². The highest BCUT2D eigenvalue weighted by Gasteiger charge is 2.57. The van der Waals surface area contributed by atoms with Crippen molar-refractivity contribution in [1.29, 1.82) is 0 Å². The van der Waals surface area contributed by atoms with Crippen LogP contribution in [0.3, 0.4) is 0 Å². The molecule has 0 saturated carbocycles. The Morgan fingerprint density at radius 3 is 2.36 bits per heavy atom. The van der Waals surface area contributed by atoms with Gasteiger partial charge in [0.1, 0.15) is 0 Å². The molecule has 0 N–H and O–H groups in total. The summed E-state index contributed by atoms with van der Waals surface area (Å²) in [5, 5.41) is 0. The summed E-state index contributed by atoms with van der Waals surface area (Å²) in [6.45, 7) is 0.324. The molecule has 0 radical (unpaired) electrons. The molecule has 1 aromatic carbocycles. The van der Waals surface area contributed by atoms with E-state index < -0.39 is 12.1 Å². The maximum atomic E-state index is 12.5. The lowest BCUT2D eigenvalue weighted by Gasteiger charge is -2.24. The monoisotopic (exact) mass is 301 g/mol. The maximum Gasteiger partial charge on any atom is 0.445 e. The smallest absolute Gasteiger partial charge is 0.292 e. The van der Waals surface area contributed by atoms with E-state index in [0.717, 1.165) is 10.5 Å². The molecule has 3 rings (SSSR count). The quantitative estimate of drug-likeness (QED) is 0.750.